The van der Waals surface area contributed by atoms with Gasteiger partial charge in [-0.2, -0.15) is 8.78 Å². The highest BCUT2D eigenvalue weighted by atomic mass is 79.9. The van der Waals surface area contributed by atoms with Gasteiger partial charge in [-0.1, -0.05) is 0 Å². The van der Waals surface area contributed by atoms with Gasteiger partial charge in [0.2, 0.25) is 0 Å². The van der Waals surface area contributed by atoms with E-state index in [0.29, 0.717) is 21.5 Å². The molecule has 0 bridgehead atoms. The highest BCUT2D eigenvalue weighted by Gasteiger charge is 2.12. The van der Waals surface area contributed by atoms with Crippen LogP contribution in [0.25, 0.3) is 16.9 Å². The zero-order valence-corrected chi connectivity index (χ0v) is 17.5. The second-order valence-electron chi connectivity index (χ2n) is 5.99. The Morgan fingerprint density at radius 1 is 1.13 bits per heavy atom. The number of benzene rings is 2. The van der Waals surface area contributed by atoms with Crippen molar-refractivity contribution in [2.45, 2.75) is 6.61 Å². The Hall–Kier alpha value is -3.04. The fourth-order valence-electron chi connectivity index (χ4n) is 2.87. The molecular weight excluding hydrogens is 482 g/mol. The van der Waals surface area contributed by atoms with Crippen LogP contribution in [0.15, 0.2) is 65.5 Å². The Morgan fingerprint density at radius 3 is 2.57 bits per heavy atom. The molecule has 0 atom stereocenters. The van der Waals surface area contributed by atoms with E-state index in [0.717, 1.165) is 23.2 Å². The van der Waals surface area contributed by atoms with Crippen LogP contribution >= 0.6 is 28.3 Å². The lowest BCUT2D eigenvalue weighted by Crippen LogP contribution is -2.01. The van der Waals surface area contributed by atoms with Gasteiger partial charge in [0.1, 0.15) is 5.75 Å². The number of nitrogens with one attached hydrogen (secondary N) is 1. The Morgan fingerprint density at radius 2 is 1.90 bits per heavy atom. The van der Waals surface area contributed by atoms with E-state index in [4.69, 9.17) is 0 Å². The van der Waals surface area contributed by atoms with Crippen LogP contribution in [0.1, 0.15) is 10.4 Å². The zero-order chi connectivity index (χ0) is 20.4. The summed E-state index contributed by atoms with van der Waals surface area (Å²) in [6.07, 6.45) is 5.84. The van der Waals surface area contributed by atoms with E-state index in [1.165, 1.54) is 12.1 Å². The topological polar surface area (TPSA) is 68.5 Å². The lowest BCUT2D eigenvalue weighted by Gasteiger charge is -2.09. The molecule has 0 fully saturated rings. The minimum Gasteiger partial charge on any atom is -0.435 e. The van der Waals surface area contributed by atoms with E-state index in [1.807, 2.05) is 4.40 Å². The molecule has 4 aromatic rings. The van der Waals surface area contributed by atoms with Crippen molar-refractivity contribution in [3.63, 3.8) is 0 Å². The van der Waals surface area contributed by atoms with Crippen molar-refractivity contribution >= 4 is 51.8 Å². The van der Waals surface area contributed by atoms with Gasteiger partial charge in [0, 0.05) is 33.7 Å². The van der Waals surface area contributed by atoms with Crippen LogP contribution in [0.3, 0.4) is 0 Å². The summed E-state index contributed by atoms with van der Waals surface area (Å²) in [5.41, 5.74) is 3.43. The lowest BCUT2D eigenvalue weighted by atomic mass is 10.1. The molecule has 0 aliphatic heterocycles. The van der Waals surface area contributed by atoms with Crippen molar-refractivity contribution in [3.8, 4) is 17.0 Å². The van der Waals surface area contributed by atoms with Crippen molar-refractivity contribution in [3.05, 3.63) is 71.1 Å². The fourth-order valence-corrected chi connectivity index (χ4v) is 3.34. The van der Waals surface area contributed by atoms with E-state index >= 15 is 0 Å². The van der Waals surface area contributed by atoms with Crippen LogP contribution in [0.2, 0.25) is 0 Å². The maximum atomic E-state index is 12.3. The predicted molar refractivity (Wildman–Crippen MR) is 115 cm³/mol. The van der Waals surface area contributed by atoms with Crippen molar-refractivity contribution in [2.24, 2.45) is 0 Å². The quantitative estimate of drug-likeness (QED) is 0.346. The molecule has 0 unspecified atom stereocenters. The molecule has 10 heteroatoms. The number of ether oxygens (including phenoxy) is 1. The standard InChI is InChI=1S/C20H13BrF2N4O2.ClH/c21-16-9-14(4-1-13(16)11-28)26-18-19-25-10-17(27(19)8-7-24-18)12-2-5-15(6-3-12)29-20(22)23;/h1-11,20H,(H,24,26);1H. The monoisotopic (exact) mass is 494 g/mol. The number of imidazole rings is 1. The van der Waals surface area contributed by atoms with Crippen LogP contribution in [-0.2, 0) is 0 Å². The second-order valence-corrected chi connectivity index (χ2v) is 6.85. The molecule has 6 nitrogen and oxygen atoms in total. The first kappa shape index (κ1) is 21.7. The SMILES string of the molecule is Cl.O=Cc1ccc(Nc2nccn3c(-c4ccc(OC(F)F)cc4)cnc23)cc1Br. The van der Waals surface area contributed by atoms with E-state index < -0.39 is 6.61 Å². The first-order chi connectivity index (χ1) is 14.0. The van der Waals surface area contributed by atoms with Gasteiger partial charge in [0.25, 0.3) is 0 Å². The molecule has 0 spiro atoms. The van der Waals surface area contributed by atoms with E-state index in [2.05, 4.69) is 36.0 Å². The summed E-state index contributed by atoms with van der Waals surface area (Å²) in [6.45, 7) is -2.86. The van der Waals surface area contributed by atoms with Gasteiger partial charge in [-0.05, 0) is 58.4 Å². The number of aldehydes is 1. The van der Waals surface area contributed by atoms with Crippen LogP contribution in [0.4, 0.5) is 20.3 Å². The zero-order valence-electron chi connectivity index (χ0n) is 15.1. The average Bonchev–Trinajstić information content (AvgIpc) is 3.13. The van der Waals surface area contributed by atoms with Crippen molar-refractivity contribution in [1.29, 1.82) is 0 Å². The molecule has 2 heterocycles. The first-order valence-electron chi connectivity index (χ1n) is 8.44. The number of carbonyl (C=O) groups is 1. The number of rotatable bonds is 6. The number of hydrogen-bond acceptors (Lipinski definition) is 5. The van der Waals surface area contributed by atoms with Crippen molar-refractivity contribution in [1.82, 2.24) is 14.4 Å². The molecule has 30 heavy (non-hydrogen) atoms. The number of nitrogens with zero attached hydrogens (tertiary/aromatic N) is 3. The molecule has 1 N–H and O–H groups in total. The van der Waals surface area contributed by atoms with Gasteiger partial charge in [0.15, 0.2) is 17.8 Å². The van der Waals surface area contributed by atoms with Crippen LogP contribution < -0.4 is 10.1 Å². The number of aromatic nitrogens is 3. The molecule has 2 aromatic carbocycles. The second kappa shape index (κ2) is 9.19. The summed E-state index contributed by atoms with van der Waals surface area (Å²) in [7, 11) is 0. The maximum absolute atomic E-state index is 12.3. The summed E-state index contributed by atoms with van der Waals surface area (Å²) >= 11 is 3.36. The van der Waals surface area contributed by atoms with Gasteiger partial charge < -0.3 is 10.1 Å². The van der Waals surface area contributed by atoms with Crippen molar-refractivity contribution < 1.29 is 18.3 Å². The number of fused-ring (bicyclic) bond motifs is 1. The predicted octanol–water partition coefficient (Wildman–Crippen LogP) is 5.74. The van der Waals surface area contributed by atoms with Crippen molar-refractivity contribution in [2.75, 3.05) is 5.32 Å². The van der Waals surface area contributed by atoms with E-state index in [1.54, 1.807) is 48.9 Å². The largest absolute Gasteiger partial charge is 0.435 e. The molecule has 154 valence electrons. The lowest BCUT2D eigenvalue weighted by molar-refractivity contribution is -0.0498. The smallest absolute Gasteiger partial charge is 0.387 e. The van der Waals surface area contributed by atoms with Gasteiger partial charge in [-0.3, -0.25) is 9.20 Å². The maximum Gasteiger partial charge on any atom is 0.387 e. The van der Waals surface area contributed by atoms with Gasteiger partial charge in [0.05, 0.1) is 11.9 Å². The summed E-state index contributed by atoms with van der Waals surface area (Å²) < 4.78 is 31.5. The molecule has 0 amide bonds. The minimum atomic E-state index is -2.86. The molecular formula is C20H14BrClF2N4O2. The number of halogens is 4. The average molecular weight is 496 g/mol. The Balaban J connectivity index is 0.00000256. The summed E-state index contributed by atoms with van der Waals surface area (Å²) in [5.74, 6) is 0.619. The van der Waals surface area contributed by atoms with Crippen LogP contribution in [-0.4, -0.2) is 27.3 Å². The normalized spacial score (nSPS) is 10.7. The first-order valence-corrected chi connectivity index (χ1v) is 9.23. The Bertz CT molecular complexity index is 1190. The number of anilines is 2. The number of carbonyl (C=O) groups excluding carboxylic acids is 1. The number of hydrogen-bond donors (Lipinski definition) is 1. The molecule has 2 aromatic heterocycles. The molecule has 4 rings (SSSR count). The highest BCUT2D eigenvalue weighted by molar-refractivity contribution is 9.10. The summed E-state index contributed by atoms with van der Waals surface area (Å²) in [6, 6.07) is 11.6. The van der Waals surface area contributed by atoms with Gasteiger partial charge in [-0.15, -0.1) is 12.4 Å². The minimum absolute atomic E-state index is 0. The number of alkyl halides is 2. The molecule has 0 saturated heterocycles. The van der Waals surface area contributed by atoms with Gasteiger partial charge in [-0.25, -0.2) is 9.97 Å². The third-order valence-electron chi connectivity index (χ3n) is 4.19. The van der Waals surface area contributed by atoms with E-state index in [-0.39, 0.29) is 18.2 Å². The summed E-state index contributed by atoms with van der Waals surface area (Å²) in [5, 5.41) is 3.19. The molecule has 0 aliphatic carbocycles. The molecule has 0 radical (unpaired) electrons. The fraction of sp³-hybridized carbons (Fsp3) is 0.0500. The molecule has 0 aliphatic rings. The van der Waals surface area contributed by atoms with Crippen LogP contribution in [0.5, 0.6) is 5.75 Å². The summed E-state index contributed by atoms with van der Waals surface area (Å²) in [4.78, 5) is 19.7. The Kier molecular flexibility index (Phi) is 6.63. The third kappa shape index (κ3) is 4.42. The Labute approximate surface area is 184 Å². The van der Waals surface area contributed by atoms with E-state index in [9.17, 15) is 13.6 Å². The molecule has 0 saturated carbocycles. The van der Waals surface area contributed by atoms with Gasteiger partial charge >= 0.3 is 6.61 Å². The van der Waals surface area contributed by atoms with Crippen LogP contribution in [0, 0.1) is 0 Å². The third-order valence-corrected chi connectivity index (χ3v) is 4.88. The highest BCUT2D eigenvalue weighted by Crippen LogP contribution is 2.28.